The Morgan fingerprint density at radius 3 is 2.61 bits per heavy atom. The minimum absolute atomic E-state index is 0.614. The zero-order chi connectivity index (χ0) is 12.4. The van der Waals surface area contributed by atoms with Gasteiger partial charge < -0.3 is 5.32 Å². The van der Waals surface area contributed by atoms with Crippen molar-refractivity contribution in [1.82, 2.24) is 5.32 Å². The van der Waals surface area contributed by atoms with Crippen molar-refractivity contribution in [3.63, 3.8) is 0 Å². The largest absolute Gasteiger partial charge is 0.310 e. The topological polar surface area (TPSA) is 12.0 Å². The number of nitrogens with one attached hydrogen (secondary N) is 1. The normalized spacial score (nSPS) is 23.7. The van der Waals surface area contributed by atoms with E-state index in [2.05, 4.69) is 57.7 Å². The van der Waals surface area contributed by atoms with Crippen LogP contribution in [0, 0.1) is 0 Å². The van der Waals surface area contributed by atoms with Crippen LogP contribution >= 0.6 is 15.9 Å². The molecule has 1 unspecified atom stereocenters. The van der Waals surface area contributed by atoms with Crippen LogP contribution in [0.4, 0.5) is 0 Å². The van der Waals surface area contributed by atoms with Gasteiger partial charge >= 0.3 is 0 Å². The fraction of sp³-hybridized carbons (Fsp3) is 0.375. The molecule has 1 heterocycles. The molecule has 94 valence electrons. The van der Waals surface area contributed by atoms with Crippen LogP contribution in [-0.4, -0.2) is 12.6 Å². The van der Waals surface area contributed by atoms with Crippen molar-refractivity contribution < 1.29 is 0 Å². The van der Waals surface area contributed by atoms with E-state index in [4.69, 9.17) is 0 Å². The second-order valence-electron chi connectivity index (χ2n) is 5.12. The minimum Gasteiger partial charge on any atom is -0.310 e. The fourth-order valence-electron chi connectivity index (χ4n) is 2.82. The standard InChI is InChI=1S/C16H18BrN/c17-15-8-6-12(7-9-15)13-4-5-14(11-13)16-3-1-2-10-18-16/h4-9,16,18H,1-3,10-11H2. The van der Waals surface area contributed by atoms with Crippen LogP contribution in [-0.2, 0) is 0 Å². The molecule has 0 bridgehead atoms. The molecule has 1 aliphatic carbocycles. The number of rotatable bonds is 2. The van der Waals surface area contributed by atoms with E-state index in [1.54, 1.807) is 5.57 Å². The first kappa shape index (κ1) is 12.2. The van der Waals surface area contributed by atoms with Crippen molar-refractivity contribution in [1.29, 1.82) is 0 Å². The molecule has 1 fully saturated rings. The number of hydrogen-bond donors (Lipinski definition) is 1. The van der Waals surface area contributed by atoms with Crippen molar-refractivity contribution in [2.75, 3.05) is 6.54 Å². The Labute approximate surface area is 117 Å². The average Bonchev–Trinajstić information content (AvgIpc) is 2.90. The third-order valence-corrected chi connectivity index (χ3v) is 4.39. The Bertz CT molecular complexity index is 478. The Balaban J connectivity index is 1.67. The molecular formula is C16H18BrN. The van der Waals surface area contributed by atoms with Gasteiger partial charge in [0, 0.05) is 10.5 Å². The number of benzene rings is 1. The van der Waals surface area contributed by atoms with Gasteiger partial charge in [-0.3, -0.25) is 0 Å². The van der Waals surface area contributed by atoms with Gasteiger partial charge in [0.15, 0.2) is 0 Å². The molecule has 0 radical (unpaired) electrons. The first-order chi connectivity index (χ1) is 8.83. The first-order valence-electron chi connectivity index (χ1n) is 6.72. The molecule has 0 saturated carbocycles. The van der Waals surface area contributed by atoms with Gasteiger partial charge in [-0.15, -0.1) is 0 Å². The van der Waals surface area contributed by atoms with Crippen LogP contribution in [0.5, 0.6) is 0 Å². The van der Waals surface area contributed by atoms with Crippen LogP contribution in [0.25, 0.3) is 5.57 Å². The molecule has 1 atom stereocenters. The van der Waals surface area contributed by atoms with Crippen molar-refractivity contribution in [3.8, 4) is 0 Å². The molecule has 18 heavy (non-hydrogen) atoms. The summed E-state index contributed by atoms with van der Waals surface area (Å²) in [4.78, 5) is 0. The lowest BCUT2D eigenvalue weighted by Crippen LogP contribution is -2.35. The molecule has 2 heteroatoms. The molecule has 0 amide bonds. The zero-order valence-corrected chi connectivity index (χ0v) is 12.0. The van der Waals surface area contributed by atoms with E-state index in [0.29, 0.717) is 6.04 Å². The van der Waals surface area contributed by atoms with Crippen LogP contribution in [0.3, 0.4) is 0 Å². The summed E-state index contributed by atoms with van der Waals surface area (Å²) < 4.78 is 1.15. The predicted molar refractivity (Wildman–Crippen MR) is 80.5 cm³/mol. The molecule has 0 aromatic heterocycles. The number of allylic oxidation sites excluding steroid dienone is 3. The van der Waals surface area contributed by atoms with Gasteiger partial charge in [-0.2, -0.15) is 0 Å². The van der Waals surface area contributed by atoms with Crippen molar-refractivity contribution in [3.05, 3.63) is 52.0 Å². The summed E-state index contributed by atoms with van der Waals surface area (Å²) in [6.07, 6.45) is 9.71. The van der Waals surface area contributed by atoms with Gasteiger partial charge in [0.1, 0.15) is 0 Å². The van der Waals surface area contributed by atoms with Crippen molar-refractivity contribution in [2.24, 2.45) is 0 Å². The molecule has 1 N–H and O–H groups in total. The van der Waals surface area contributed by atoms with Crippen molar-refractivity contribution in [2.45, 2.75) is 31.7 Å². The van der Waals surface area contributed by atoms with Gasteiger partial charge in [-0.25, -0.2) is 0 Å². The first-order valence-corrected chi connectivity index (χ1v) is 7.51. The summed E-state index contributed by atoms with van der Waals surface area (Å²) in [7, 11) is 0. The zero-order valence-electron chi connectivity index (χ0n) is 10.5. The fourth-order valence-corrected chi connectivity index (χ4v) is 3.08. The van der Waals surface area contributed by atoms with Gasteiger partial charge in [0.25, 0.3) is 0 Å². The van der Waals surface area contributed by atoms with E-state index in [1.807, 2.05) is 0 Å². The van der Waals surface area contributed by atoms with Gasteiger partial charge in [-0.1, -0.05) is 46.6 Å². The number of hydrogen-bond acceptors (Lipinski definition) is 1. The SMILES string of the molecule is Brc1ccc(C2=CC=C(C3CCCCN3)C2)cc1. The van der Waals surface area contributed by atoms with E-state index in [0.717, 1.165) is 10.9 Å². The highest BCUT2D eigenvalue weighted by molar-refractivity contribution is 9.10. The third-order valence-electron chi connectivity index (χ3n) is 3.87. The monoisotopic (exact) mass is 303 g/mol. The van der Waals surface area contributed by atoms with Crippen LogP contribution in [0.15, 0.2) is 46.5 Å². The van der Waals surface area contributed by atoms with Crippen LogP contribution in [0.2, 0.25) is 0 Å². The molecule has 3 rings (SSSR count). The van der Waals surface area contributed by atoms with Gasteiger partial charge in [0.2, 0.25) is 0 Å². The summed E-state index contributed by atoms with van der Waals surface area (Å²) in [5, 5.41) is 3.63. The summed E-state index contributed by atoms with van der Waals surface area (Å²) >= 11 is 3.49. The predicted octanol–water partition coefficient (Wildman–Crippen LogP) is 4.30. The summed E-state index contributed by atoms with van der Waals surface area (Å²) in [5.41, 5.74) is 4.36. The Kier molecular flexibility index (Phi) is 3.67. The van der Waals surface area contributed by atoms with E-state index in [-0.39, 0.29) is 0 Å². The molecular weight excluding hydrogens is 286 g/mol. The second-order valence-corrected chi connectivity index (χ2v) is 6.04. The quantitative estimate of drug-likeness (QED) is 0.859. The second kappa shape index (κ2) is 5.41. The lowest BCUT2D eigenvalue weighted by Gasteiger charge is -2.25. The lowest BCUT2D eigenvalue weighted by atomic mass is 9.94. The molecule has 1 nitrogen and oxygen atoms in total. The van der Waals surface area contributed by atoms with E-state index in [1.165, 1.54) is 36.9 Å². The van der Waals surface area contributed by atoms with Crippen molar-refractivity contribution >= 4 is 21.5 Å². The highest BCUT2D eigenvalue weighted by Gasteiger charge is 2.20. The van der Waals surface area contributed by atoms with Gasteiger partial charge in [-0.05, 0) is 54.6 Å². The Morgan fingerprint density at radius 1 is 1.06 bits per heavy atom. The molecule has 2 aliphatic rings. The Morgan fingerprint density at radius 2 is 1.89 bits per heavy atom. The van der Waals surface area contributed by atoms with E-state index in [9.17, 15) is 0 Å². The maximum absolute atomic E-state index is 3.63. The lowest BCUT2D eigenvalue weighted by molar-refractivity contribution is 0.437. The van der Waals surface area contributed by atoms with E-state index < -0.39 is 0 Å². The molecule has 1 aromatic rings. The smallest absolute Gasteiger partial charge is 0.0285 e. The Hall–Kier alpha value is -0.860. The highest BCUT2D eigenvalue weighted by atomic mass is 79.9. The van der Waals surface area contributed by atoms with Crippen LogP contribution in [0.1, 0.15) is 31.2 Å². The summed E-state index contributed by atoms with van der Waals surface area (Å²) in [5.74, 6) is 0. The summed E-state index contributed by atoms with van der Waals surface area (Å²) in [6, 6.07) is 9.24. The molecule has 1 aromatic carbocycles. The highest BCUT2D eigenvalue weighted by Crippen LogP contribution is 2.32. The average molecular weight is 304 g/mol. The van der Waals surface area contributed by atoms with E-state index >= 15 is 0 Å². The third kappa shape index (κ3) is 2.60. The summed E-state index contributed by atoms with van der Waals surface area (Å²) in [6.45, 7) is 1.18. The maximum atomic E-state index is 3.63. The number of halogens is 1. The maximum Gasteiger partial charge on any atom is 0.0285 e. The van der Waals surface area contributed by atoms with Crippen LogP contribution < -0.4 is 5.32 Å². The molecule has 1 aliphatic heterocycles. The number of piperidine rings is 1. The van der Waals surface area contributed by atoms with Gasteiger partial charge in [0.05, 0.1) is 0 Å². The molecule has 0 spiro atoms. The minimum atomic E-state index is 0.614. The molecule has 1 saturated heterocycles.